The smallest absolute Gasteiger partial charge is 0.321 e. The number of rotatable bonds is 3. The van der Waals surface area contributed by atoms with Crippen molar-refractivity contribution < 1.29 is 4.79 Å². The zero-order valence-electron chi connectivity index (χ0n) is 11.9. The number of nitrogens with zero attached hydrogens (tertiary/aromatic N) is 2. The molecule has 1 fully saturated rings. The van der Waals surface area contributed by atoms with Crippen LogP contribution in [0.5, 0.6) is 0 Å². The topological polar surface area (TPSA) is 45.2 Å². The van der Waals surface area contributed by atoms with Gasteiger partial charge in [-0.25, -0.2) is 9.78 Å². The molecule has 0 saturated carbocycles. The molecule has 4 nitrogen and oxygen atoms in total. The Morgan fingerprint density at radius 3 is 2.76 bits per heavy atom. The summed E-state index contributed by atoms with van der Waals surface area (Å²) in [5.41, 5.74) is 1.28. The number of nitrogens with one attached hydrogen (secondary N) is 1. The van der Waals surface area contributed by atoms with Crippen molar-refractivity contribution in [1.29, 1.82) is 0 Å². The highest BCUT2D eigenvalue weighted by Crippen LogP contribution is 2.22. The van der Waals surface area contributed by atoms with Crippen LogP contribution in [0.15, 0.2) is 54.7 Å². The van der Waals surface area contributed by atoms with Gasteiger partial charge in [0, 0.05) is 18.8 Å². The molecule has 0 spiro atoms. The molecule has 1 aliphatic heterocycles. The molecule has 1 atom stereocenters. The molecule has 1 unspecified atom stereocenters. The summed E-state index contributed by atoms with van der Waals surface area (Å²) in [5, 5.41) is 2.88. The van der Waals surface area contributed by atoms with Crippen molar-refractivity contribution in [3.8, 4) is 0 Å². The Morgan fingerprint density at radius 2 is 2.00 bits per heavy atom. The van der Waals surface area contributed by atoms with Gasteiger partial charge < -0.3 is 4.90 Å². The van der Waals surface area contributed by atoms with Crippen molar-refractivity contribution in [1.82, 2.24) is 9.88 Å². The summed E-state index contributed by atoms with van der Waals surface area (Å²) in [4.78, 5) is 18.5. The number of urea groups is 1. The highest BCUT2D eigenvalue weighted by molar-refractivity contribution is 5.88. The van der Waals surface area contributed by atoms with E-state index < -0.39 is 0 Å². The van der Waals surface area contributed by atoms with Crippen molar-refractivity contribution in [2.24, 2.45) is 0 Å². The Hall–Kier alpha value is -2.36. The summed E-state index contributed by atoms with van der Waals surface area (Å²) in [6.07, 6.45) is 4.72. The van der Waals surface area contributed by atoms with E-state index in [0.29, 0.717) is 5.82 Å². The summed E-state index contributed by atoms with van der Waals surface area (Å²) in [5.74, 6) is 0.605. The first kappa shape index (κ1) is 13.6. The molecule has 0 aliphatic carbocycles. The van der Waals surface area contributed by atoms with Crippen LogP contribution in [0.25, 0.3) is 0 Å². The molecule has 3 rings (SSSR count). The van der Waals surface area contributed by atoms with Crippen molar-refractivity contribution in [2.75, 3.05) is 11.9 Å². The second-order valence-electron chi connectivity index (χ2n) is 5.32. The summed E-state index contributed by atoms with van der Waals surface area (Å²) in [6, 6.07) is 16.1. The number of carbonyl (C=O) groups is 1. The van der Waals surface area contributed by atoms with Crippen LogP contribution in [0.3, 0.4) is 0 Å². The van der Waals surface area contributed by atoms with Gasteiger partial charge in [-0.05, 0) is 37.0 Å². The number of benzene rings is 1. The predicted molar refractivity (Wildman–Crippen MR) is 83.1 cm³/mol. The molecular weight excluding hydrogens is 262 g/mol. The molecule has 1 aliphatic rings. The molecule has 4 heteroatoms. The number of likely N-dealkylation sites (tertiary alicyclic amines) is 1. The predicted octanol–water partition coefficient (Wildman–Crippen LogP) is 3.32. The van der Waals surface area contributed by atoms with Gasteiger partial charge in [0.15, 0.2) is 0 Å². The van der Waals surface area contributed by atoms with Crippen LogP contribution in [0.2, 0.25) is 0 Å². The Morgan fingerprint density at radius 1 is 1.19 bits per heavy atom. The number of hydrogen-bond acceptors (Lipinski definition) is 2. The van der Waals surface area contributed by atoms with E-state index in [1.54, 1.807) is 12.3 Å². The lowest BCUT2D eigenvalue weighted by Gasteiger charge is -2.25. The maximum absolute atomic E-state index is 12.4. The minimum absolute atomic E-state index is 0.0490. The molecule has 1 aromatic heterocycles. The van der Waals surface area contributed by atoms with Crippen molar-refractivity contribution >= 4 is 11.8 Å². The summed E-state index contributed by atoms with van der Waals surface area (Å²) < 4.78 is 0. The number of aromatic nitrogens is 1. The van der Waals surface area contributed by atoms with Crippen LogP contribution < -0.4 is 5.32 Å². The number of anilines is 1. The Kier molecular flexibility index (Phi) is 4.15. The van der Waals surface area contributed by atoms with Gasteiger partial charge in [0.05, 0.1) is 0 Å². The van der Waals surface area contributed by atoms with Crippen molar-refractivity contribution in [3.63, 3.8) is 0 Å². The minimum atomic E-state index is -0.0490. The van der Waals surface area contributed by atoms with Gasteiger partial charge in [-0.15, -0.1) is 0 Å². The Balaban J connectivity index is 1.65. The minimum Gasteiger partial charge on any atom is -0.321 e. The number of carbonyl (C=O) groups excluding carboxylic acids is 1. The van der Waals surface area contributed by atoms with E-state index >= 15 is 0 Å². The quantitative estimate of drug-likeness (QED) is 0.938. The van der Waals surface area contributed by atoms with Crippen LogP contribution >= 0.6 is 0 Å². The maximum atomic E-state index is 12.4. The van der Waals surface area contributed by atoms with Crippen LogP contribution in [-0.2, 0) is 6.42 Å². The van der Waals surface area contributed by atoms with Crippen LogP contribution in [0.1, 0.15) is 18.4 Å². The second kappa shape index (κ2) is 6.39. The van der Waals surface area contributed by atoms with Gasteiger partial charge in [0.1, 0.15) is 5.82 Å². The molecule has 1 saturated heterocycles. The standard InChI is InChI=1S/C17H19N3O/c21-17(19-16-10-4-5-11-18-16)20-12-6-9-15(20)13-14-7-2-1-3-8-14/h1-5,7-8,10-11,15H,6,9,12-13H2,(H,18,19,21). The number of hydrogen-bond donors (Lipinski definition) is 1. The lowest BCUT2D eigenvalue weighted by molar-refractivity contribution is 0.206. The molecule has 2 heterocycles. The molecule has 0 radical (unpaired) electrons. The number of pyridine rings is 1. The largest absolute Gasteiger partial charge is 0.323 e. The van der Waals surface area contributed by atoms with E-state index in [2.05, 4.69) is 22.4 Å². The van der Waals surface area contributed by atoms with Gasteiger partial charge in [0.2, 0.25) is 0 Å². The van der Waals surface area contributed by atoms with E-state index in [1.807, 2.05) is 35.2 Å². The van der Waals surface area contributed by atoms with Crippen LogP contribution in [-0.4, -0.2) is 28.5 Å². The fourth-order valence-corrected chi connectivity index (χ4v) is 2.82. The Bertz CT molecular complexity index is 585. The third-order valence-corrected chi connectivity index (χ3v) is 3.85. The van der Waals surface area contributed by atoms with E-state index in [4.69, 9.17) is 0 Å². The SMILES string of the molecule is O=C(Nc1ccccn1)N1CCCC1Cc1ccccc1. The summed E-state index contributed by atoms with van der Waals surface area (Å²) in [6.45, 7) is 0.816. The lowest BCUT2D eigenvalue weighted by atomic mass is 10.0. The van der Waals surface area contributed by atoms with E-state index in [9.17, 15) is 4.79 Å². The monoisotopic (exact) mass is 281 g/mol. The van der Waals surface area contributed by atoms with E-state index in [1.165, 1.54) is 5.56 Å². The average Bonchev–Trinajstić information content (AvgIpc) is 2.97. The van der Waals surface area contributed by atoms with Gasteiger partial charge >= 0.3 is 6.03 Å². The van der Waals surface area contributed by atoms with Crippen molar-refractivity contribution in [3.05, 3.63) is 60.3 Å². The van der Waals surface area contributed by atoms with E-state index in [-0.39, 0.29) is 12.1 Å². The molecule has 1 aromatic carbocycles. The Labute approximate surface area is 124 Å². The molecule has 2 aromatic rings. The van der Waals surface area contributed by atoms with Gasteiger partial charge in [-0.3, -0.25) is 5.32 Å². The molecule has 108 valence electrons. The fourth-order valence-electron chi connectivity index (χ4n) is 2.82. The molecule has 1 N–H and O–H groups in total. The van der Waals surface area contributed by atoms with Gasteiger partial charge in [-0.1, -0.05) is 36.4 Å². The third kappa shape index (κ3) is 3.40. The lowest BCUT2D eigenvalue weighted by Crippen LogP contribution is -2.39. The second-order valence-corrected chi connectivity index (χ2v) is 5.32. The van der Waals surface area contributed by atoms with Crippen molar-refractivity contribution in [2.45, 2.75) is 25.3 Å². The first-order chi connectivity index (χ1) is 10.3. The fraction of sp³-hybridized carbons (Fsp3) is 0.294. The van der Waals surface area contributed by atoms with Crippen LogP contribution in [0, 0.1) is 0 Å². The third-order valence-electron chi connectivity index (χ3n) is 3.85. The maximum Gasteiger partial charge on any atom is 0.323 e. The first-order valence-electron chi connectivity index (χ1n) is 7.35. The van der Waals surface area contributed by atoms with Gasteiger partial charge in [-0.2, -0.15) is 0 Å². The van der Waals surface area contributed by atoms with Gasteiger partial charge in [0.25, 0.3) is 0 Å². The highest BCUT2D eigenvalue weighted by atomic mass is 16.2. The highest BCUT2D eigenvalue weighted by Gasteiger charge is 2.28. The van der Waals surface area contributed by atoms with E-state index in [0.717, 1.165) is 25.8 Å². The zero-order chi connectivity index (χ0) is 14.5. The molecular formula is C17H19N3O. The number of amides is 2. The van der Waals surface area contributed by atoms with Crippen LogP contribution in [0.4, 0.5) is 10.6 Å². The normalized spacial score (nSPS) is 17.7. The summed E-state index contributed by atoms with van der Waals surface area (Å²) in [7, 11) is 0. The molecule has 0 bridgehead atoms. The average molecular weight is 281 g/mol. The molecule has 21 heavy (non-hydrogen) atoms. The summed E-state index contributed by atoms with van der Waals surface area (Å²) >= 11 is 0. The first-order valence-corrected chi connectivity index (χ1v) is 7.35. The molecule has 2 amide bonds. The zero-order valence-corrected chi connectivity index (χ0v) is 11.9.